The normalized spacial score (nSPS) is 10.3. The van der Waals surface area contributed by atoms with Gasteiger partial charge in [0.25, 0.3) is 0 Å². The van der Waals surface area contributed by atoms with Gasteiger partial charge in [-0.25, -0.2) is 4.79 Å². The molecule has 132 valence electrons. The Balaban J connectivity index is 1.81. The summed E-state index contributed by atoms with van der Waals surface area (Å²) in [6, 6.07) is 19.0. The number of aryl methyl sites for hydroxylation is 1. The minimum absolute atomic E-state index is 0.157. The number of amides is 1. The summed E-state index contributed by atoms with van der Waals surface area (Å²) in [7, 11) is 0. The number of anilines is 2. The van der Waals surface area contributed by atoms with Gasteiger partial charge >= 0.3 is 6.09 Å². The van der Waals surface area contributed by atoms with Gasteiger partial charge in [0.2, 0.25) is 0 Å². The quantitative estimate of drug-likeness (QED) is 0.698. The number of aromatic nitrogens is 1. The second-order valence-corrected chi connectivity index (χ2v) is 6.05. The van der Waals surface area contributed by atoms with Crippen LogP contribution in [0.3, 0.4) is 0 Å². The Morgan fingerprint density at radius 1 is 1.04 bits per heavy atom. The third-order valence-electron chi connectivity index (χ3n) is 3.99. The van der Waals surface area contributed by atoms with E-state index in [9.17, 15) is 4.79 Å². The van der Waals surface area contributed by atoms with Crippen molar-refractivity contribution in [3.63, 3.8) is 0 Å². The van der Waals surface area contributed by atoms with Crippen LogP contribution >= 0.6 is 0 Å². The van der Waals surface area contributed by atoms with Crippen molar-refractivity contribution in [1.82, 2.24) is 4.98 Å². The van der Waals surface area contributed by atoms with Crippen molar-refractivity contribution in [1.29, 1.82) is 0 Å². The Bertz CT molecular complexity index is 864. The van der Waals surface area contributed by atoms with Crippen LogP contribution in [0.5, 0.6) is 0 Å². The Morgan fingerprint density at radius 2 is 1.81 bits per heavy atom. The van der Waals surface area contributed by atoms with Gasteiger partial charge in [0, 0.05) is 18.0 Å². The number of nitrogen functional groups attached to an aromatic ring is 1. The van der Waals surface area contributed by atoms with Crippen molar-refractivity contribution < 1.29 is 9.53 Å². The first-order chi connectivity index (χ1) is 12.6. The molecule has 0 aliphatic rings. The van der Waals surface area contributed by atoms with Crippen LogP contribution in [0.15, 0.2) is 73.1 Å². The number of carbonyl (C=O) groups excluding carboxylic acids is 1. The number of benzene rings is 2. The van der Waals surface area contributed by atoms with E-state index in [1.54, 1.807) is 23.4 Å². The molecule has 0 saturated carbocycles. The van der Waals surface area contributed by atoms with Gasteiger partial charge in [-0.15, -0.1) is 0 Å². The molecule has 0 aliphatic heterocycles. The SMILES string of the molecule is Cc1ccc(CN(C(=O)OCc2cccnc2)c2ccccc2N)cc1. The first-order valence-corrected chi connectivity index (χ1v) is 8.37. The summed E-state index contributed by atoms with van der Waals surface area (Å²) < 4.78 is 5.49. The lowest BCUT2D eigenvalue weighted by molar-refractivity contribution is 0.146. The predicted octanol–water partition coefficient (Wildman–Crippen LogP) is 4.32. The third kappa shape index (κ3) is 4.39. The molecular weight excluding hydrogens is 326 g/mol. The van der Waals surface area contributed by atoms with Crippen molar-refractivity contribution in [3.05, 3.63) is 89.7 Å². The molecule has 1 amide bonds. The summed E-state index contributed by atoms with van der Waals surface area (Å²) >= 11 is 0. The molecule has 3 rings (SSSR count). The highest BCUT2D eigenvalue weighted by Gasteiger charge is 2.20. The molecule has 0 saturated heterocycles. The smallest absolute Gasteiger partial charge is 0.415 e. The first kappa shape index (κ1) is 17.5. The molecule has 0 atom stereocenters. The number of rotatable bonds is 5. The van der Waals surface area contributed by atoms with Crippen LogP contribution in [0.2, 0.25) is 0 Å². The van der Waals surface area contributed by atoms with Gasteiger partial charge in [-0.3, -0.25) is 9.88 Å². The van der Waals surface area contributed by atoms with E-state index in [0.29, 0.717) is 17.9 Å². The zero-order chi connectivity index (χ0) is 18.4. The zero-order valence-electron chi connectivity index (χ0n) is 14.6. The van der Waals surface area contributed by atoms with E-state index in [0.717, 1.165) is 11.1 Å². The van der Waals surface area contributed by atoms with Crippen LogP contribution in [-0.4, -0.2) is 11.1 Å². The Hall–Kier alpha value is -3.34. The van der Waals surface area contributed by atoms with E-state index in [4.69, 9.17) is 10.5 Å². The predicted molar refractivity (Wildman–Crippen MR) is 103 cm³/mol. The number of pyridine rings is 1. The molecule has 26 heavy (non-hydrogen) atoms. The maximum absolute atomic E-state index is 12.8. The van der Waals surface area contributed by atoms with Crippen LogP contribution in [0.4, 0.5) is 16.2 Å². The fourth-order valence-electron chi connectivity index (χ4n) is 2.56. The molecular formula is C21H21N3O2. The Kier molecular flexibility index (Phi) is 5.49. The number of hydrogen-bond acceptors (Lipinski definition) is 4. The van der Waals surface area contributed by atoms with Crippen LogP contribution in [0.25, 0.3) is 0 Å². The van der Waals surface area contributed by atoms with Crippen LogP contribution < -0.4 is 10.6 Å². The number of nitrogens with two attached hydrogens (primary N) is 1. The number of nitrogens with zero attached hydrogens (tertiary/aromatic N) is 2. The second-order valence-electron chi connectivity index (χ2n) is 6.05. The molecule has 0 radical (unpaired) electrons. The molecule has 0 spiro atoms. The van der Waals surface area contributed by atoms with Crippen molar-refractivity contribution in [3.8, 4) is 0 Å². The van der Waals surface area contributed by atoms with Gasteiger partial charge in [-0.05, 0) is 30.7 Å². The molecule has 3 aromatic rings. The molecule has 5 heteroatoms. The maximum Gasteiger partial charge on any atom is 0.415 e. The highest BCUT2D eigenvalue weighted by molar-refractivity contribution is 5.91. The maximum atomic E-state index is 12.8. The number of hydrogen-bond donors (Lipinski definition) is 1. The summed E-state index contributed by atoms with van der Waals surface area (Å²) in [6.07, 6.45) is 2.90. The molecule has 1 heterocycles. The highest BCUT2D eigenvalue weighted by atomic mass is 16.6. The van der Waals surface area contributed by atoms with E-state index in [2.05, 4.69) is 4.98 Å². The summed E-state index contributed by atoms with van der Waals surface area (Å²) in [5.74, 6) is 0. The second kappa shape index (κ2) is 8.16. The number of ether oxygens (including phenoxy) is 1. The molecule has 2 aromatic carbocycles. The number of carbonyl (C=O) groups is 1. The van der Waals surface area contributed by atoms with Gasteiger partial charge in [-0.1, -0.05) is 48.0 Å². The lowest BCUT2D eigenvalue weighted by atomic mass is 10.1. The average Bonchev–Trinajstić information content (AvgIpc) is 2.67. The third-order valence-corrected chi connectivity index (χ3v) is 3.99. The van der Waals surface area contributed by atoms with E-state index >= 15 is 0 Å². The summed E-state index contributed by atoms with van der Waals surface area (Å²) in [5.41, 5.74) is 10.2. The van der Waals surface area contributed by atoms with Gasteiger partial charge in [0.1, 0.15) is 6.61 Å². The monoisotopic (exact) mass is 347 g/mol. The highest BCUT2D eigenvalue weighted by Crippen LogP contribution is 2.25. The number of para-hydroxylation sites is 2. The van der Waals surface area contributed by atoms with E-state index < -0.39 is 6.09 Å². The Morgan fingerprint density at radius 3 is 2.50 bits per heavy atom. The molecule has 5 nitrogen and oxygen atoms in total. The standard InChI is InChI=1S/C21H21N3O2/c1-16-8-10-17(11-9-16)14-24(20-7-3-2-6-19(20)22)21(25)26-15-18-5-4-12-23-13-18/h2-13H,14-15,22H2,1H3. The molecule has 0 bridgehead atoms. The van der Waals surface area contributed by atoms with Crippen molar-refractivity contribution >= 4 is 17.5 Å². The molecule has 1 aromatic heterocycles. The fraction of sp³-hybridized carbons (Fsp3) is 0.143. The van der Waals surface area contributed by atoms with Crippen LogP contribution in [-0.2, 0) is 17.9 Å². The van der Waals surface area contributed by atoms with Crippen molar-refractivity contribution in [2.24, 2.45) is 0 Å². The van der Waals surface area contributed by atoms with Gasteiger partial charge in [-0.2, -0.15) is 0 Å². The van der Waals surface area contributed by atoms with E-state index in [1.807, 2.05) is 61.5 Å². The minimum atomic E-state index is -0.452. The summed E-state index contributed by atoms with van der Waals surface area (Å²) in [5, 5.41) is 0. The van der Waals surface area contributed by atoms with Crippen molar-refractivity contribution in [2.45, 2.75) is 20.1 Å². The van der Waals surface area contributed by atoms with Gasteiger partial charge in [0.15, 0.2) is 0 Å². The van der Waals surface area contributed by atoms with Crippen LogP contribution in [0, 0.1) is 6.92 Å². The van der Waals surface area contributed by atoms with Crippen molar-refractivity contribution in [2.75, 3.05) is 10.6 Å². The topological polar surface area (TPSA) is 68.5 Å². The average molecular weight is 347 g/mol. The van der Waals surface area contributed by atoms with E-state index in [1.165, 1.54) is 5.56 Å². The lowest BCUT2D eigenvalue weighted by Gasteiger charge is -2.24. The first-order valence-electron chi connectivity index (χ1n) is 8.37. The van der Waals surface area contributed by atoms with E-state index in [-0.39, 0.29) is 6.61 Å². The van der Waals surface area contributed by atoms with Gasteiger partial charge < -0.3 is 10.5 Å². The molecule has 2 N–H and O–H groups in total. The largest absolute Gasteiger partial charge is 0.444 e. The molecule has 0 unspecified atom stereocenters. The summed E-state index contributed by atoms with van der Waals surface area (Å²) in [6.45, 7) is 2.56. The lowest BCUT2D eigenvalue weighted by Crippen LogP contribution is -2.31. The van der Waals surface area contributed by atoms with Crippen LogP contribution in [0.1, 0.15) is 16.7 Å². The van der Waals surface area contributed by atoms with Gasteiger partial charge in [0.05, 0.1) is 17.9 Å². The summed E-state index contributed by atoms with van der Waals surface area (Å²) in [4.78, 5) is 18.4. The molecule has 0 fully saturated rings. The molecule has 0 aliphatic carbocycles. The zero-order valence-corrected chi connectivity index (χ0v) is 14.6. The Labute approximate surface area is 153 Å². The minimum Gasteiger partial charge on any atom is -0.444 e. The fourth-order valence-corrected chi connectivity index (χ4v) is 2.56.